The van der Waals surface area contributed by atoms with Gasteiger partial charge in [-0.25, -0.2) is 0 Å². The van der Waals surface area contributed by atoms with E-state index in [-0.39, 0.29) is 0 Å². The van der Waals surface area contributed by atoms with Crippen molar-refractivity contribution >= 4 is 5.69 Å². The molecule has 3 nitrogen and oxygen atoms in total. The van der Waals surface area contributed by atoms with Gasteiger partial charge in [0.2, 0.25) is 0 Å². The lowest BCUT2D eigenvalue weighted by Gasteiger charge is -2.15. The van der Waals surface area contributed by atoms with Crippen molar-refractivity contribution in [1.29, 1.82) is 0 Å². The van der Waals surface area contributed by atoms with Crippen LogP contribution in [0.15, 0.2) is 41.0 Å². The lowest BCUT2D eigenvalue weighted by Crippen LogP contribution is -2.08. The Bertz CT molecular complexity index is 461. The fraction of sp³-hybridized carbons (Fsp3) is 0.231. The highest BCUT2D eigenvalue weighted by Gasteiger charge is 2.09. The first-order valence-corrected chi connectivity index (χ1v) is 5.11. The third kappa shape index (κ3) is 1.89. The quantitative estimate of drug-likeness (QED) is 0.790. The fourth-order valence-electron chi connectivity index (χ4n) is 1.59. The molecule has 0 spiro atoms. The van der Waals surface area contributed by atoms with Crippen LogP contribution < -0.4 is 9.64 Å². The molecule has 1 heterocycles. The summed E-state index contributed by atoms with van der Waals surface area (Å²) >= 11 is 0. The Labute approximate surface area is 95.3 Å². The van der Waals surface area contributed by atoms with Gasteiger partial charge in [-0.3, -0.25) is 0 Å². The van der Waals surface area contributed by atoms with Gasteiger partial charge in [-0.1, -0.05) is 0 Å². The molecule has 16 heavy (non-hydrogen) atoms. The summed E-state index contributed by atoms with van der Waals surface area (Å²) in [5.41, 5.74) is 2.07. The van der Waals surface area contributed by atoms with Crippen molar-refractivity contribution in [2.24, 2.45) is 0 Å². The van der Waals surface area contributed by atoms with Gasteiger partial charge in [0.1, 0.15) is 11.5 Å². The average molecular weight is 217 g/mol. The first-order valence-electron chi connectivity index (χ1n) is 5.11. The Morgan fingerprint density at radius 3 is 2.56 bits per heavy atom. The number of benzene rings is 1. The standard InChI is InChI=1S/C13H15NO2/c1-14(2)10-6-7-11(13(9-10)15-3)12-5-4-8-16-12/h4-9H,1-3H3. The summed E-state index contributed by atoms with van der Waals surface area (Å²) in [5.74, 6) is 1.64. The van der Waals surface area contributed by atoms with E-state index in [9.17, 15) is 0 Å². The SMILES string of the molecule is COc1cc(N(C)C)ccc1-c1ccco1. The molecule has 3 heteroatoms. The molecule has 0 radical (unpaired) electrons. The predicted octanol–water partition coefficient (Wildman–Crippen LogP) is 3.02. The summed E-state index contributed by atoms with van der Waals surface area (Å²) in [6.45, 7) is 0. The number of methoxy groups -OCH3 is 1. The van der Waals surface area contributed by atoms with Crippen LogP contribution in [0.4, 0.5) is 5.69 Å². The molecule has 0 saturated carbocycles. The average Bonchev–Trinajstić information content (AvgIpc) is 2.81. The molecule has 0 unspecified atom stereocenters. The van der Waals surface area contributed by atoms with Crippen LogP contribution in [0.1, 0.15) is 0 Å². The molecule has 0 N–H and O–H groups in total. The molecule has 0 saturated heterocycles. The molecule has 0 amide bonds. The second-order valence-corrected chi connectivity index (χ2v) is 3.76. The van der Waals surface area contributed by atoms with Crippen molar-refractivity contribution in [3.05, 3.63) is 36.6 Å². The summed E-state index contributed by atoms with van der Waals surface area (Å²) in [7, 11) is 5.67. The smallest absolute Gasteiger partial charge is 0.137 e. The highest BCUT2D eigenvalue weighted by Crippen LogP contribution is 2.33. The molecule has 1 aromatic carbocycles. The molecule has 0 bridgehead atoms. The van der Waals surface area contributed by atoms with Crippen LogP contribution in [0.3, 0.4) is 0 Å². The molecule has 0 atom stereocenters. The van der Waals surface area contributed by atoms with Gasteiger partial charge >= 0.3 is 0 Å². The number of rotatable bonds is 3. The first-order chi connectivity index (χ1) is 7.72. The van der Waals surface area contributed by atoms with E-state index in [2.05, 4.69) is 0 Å². The van der Waals surface area contributed by atoms with Gasteiger partial charge in [0.25, 0.3) is 0 Å². The fourth-order valence-corrected chi connectivity index (χ4v) is 1.59. The van der Waals surface area contributed by atoms with E-state index < -0.39 is 0 Å². The number of nitrogens with zero attached hydrogens (tertiary/aromatic N) is 1. The van der Waals surface area contributed by atoms with E-state index in [0.29, 0.717) is 0 Å². The highest BCUT2D eigenvalue weighted by molar-refractivity contribution is 5.70. The van der Waals surface area contributed by atoms with Crippen molar-refractivity contribution in [3.63, 3.8) is 0 Å². The summed E-state index contributed by atoms with van der Waals surface area (Å²) in [6, 6.07) is 9.84. The van der Waals surface area contributed by atoms with Crippen molar-refractivity contribution in [1.82, 2.24) is 0 Å². The van der Waals surface area contributed by atoms with Crippen LogP contribution in [-0.4, -0.2) is 21.2 Å². The number of furan rings is 1. The minimum absolute atomic E-state index is 0.821. The van der Waals surface area contributed by atoms with Gasteiger partial charge in [-0.15, -0.1) is 0 Å². The largest absolute Gasteiger partial charge is 0.496 e. The number of hydrogen-bond donors (Lipinski definition) is 0. The van der Waals surface area contributed by atoms with Crippen LogP contribution in [0.5, 0.6) is 5.75 Å². The van der Waals surface area contributed by atoms with Gasteiger partial charge in [-0.05, 0) is 24.3 Å². The maximum absolute atomic E-state index is 5.37. The molecule has 1 aromatic heterocycles. The summed E-state index contributed by atoms with van der Waals surface area (Å²) < 4.78 is 10.7. The predicted molar refractivity (Wildman–Crippen MR) is 65.0 cm³/mol. The van der Waals surface area contributed by atoms with Crippen molar-refractivity contribution in [2.75, 3.05) is 26.1 Å². The van der Waals surface area contributed by atoms with Gasteiger partial charge in [-0.2, -0.15) is 0 Å². The molecule has 0 aliphatic rings. The molecule has 0 fully saturated rings. The van der Waals surface area contributed by atoms with Crippen LogP contribution in [0.2, 0.25) is 0 Å². The summed E-state index contributed by atoms with van der Waals surface area (Å²) in [4.78, 5) is 2.04. The molecule has 0 aliphatic carbocycles. The van der Waals surface area contributed by atoms with Crippen LogP contribution in [0.25, 0.3) is 11.3 Å². The minimum Gasteiger partial charge on any atom is -0.496 e. The topological polar surface area (TPSA) is 25.6 Å². The van der Waals surface area contributed by atoms with Crippen molar-refractivity contribution in [2.45, 2.75) is 0 Å². The Hall–Kier alpha value is -1.90. The molecule has 0 aliphatic heterocycles. The summed E-state index contributed by atoms with van der Waals surface area (Å²) in [5, 5.41) is 0. The third-order valence-corrected chi connectivity index (χ3v) is 2.49. The van der Waals surface area contributed by atoms with E-state index in [1.807, 2.05) is 49.3 Å². The molecular formula is C13H15NO2. The molecule has 2 aromatic rings. The van der Waals surface area contributed by atoms with Gasteiger partial charge < -0.3 is 14.1 Å². The number of anilines is 1. The van der Waals surface area contributed by atoms with E-state index in [1.165, 1.54) is 0 Å². The van der Waals surface area contributed by atoms with E-state index >= 15 is 0 Å². The van der Waals surface area contributed by atoms with Crippen LogP contribution in [0, 0.1) is 0 Å². The lowest BCUT2D eigenvalue weighted by molar-refractivity contribution is 0.414. The normalized spacial score (nSPS) is 10.2. The van der Waals surface area contributed by atoms with Gasteiger partial charge in [0.05, 0.1) is 18.9 Å². The number of ether oxygens (including phenoxy) is 1. The second-order valence-electron chi connectivity index (χ2n) is 3.76. The Balaban J connectivity index is 2.47. The molecule has 2 rings (SSSR count). The van der Waals surface area contributed by atoms with E-state index in [4.69, 9.17) is 9.15 Å². The van der Waals surface area contributed by atoms with Gasteiger partial charge in [0.15, 0.2) is 0 Å². The first kappa shape index (κ1) is 10.6. The zero-order valence-electron chi connectivity index (χ0n) is 9.73. The van der Waals surface area contributed by atoms with Crippen molar-refractivity contribution < 1.29 is 9.15 Å². The molecular weight excluding hydrogens is 202 g/mol. The Morgan fingerprint density at radius 2 is 2.00 bits per heavy atom. The maximum atomic E-state index is 5.37. The Morgan fingerprint density at radius 1 is 1.19 bits per heavy atom. The van der Waals surface area contributed by atoms with Gasteiger partial charge in [0, 0.05) is 25.8 Å². The van der Waals surface area contributed by atoms with Crippen LogP contribution in [-0.2, 0) is 0 Å². The monoisotopic (exact) mass is 217 g/mol. The lowest BCUT2D eigenvalue weighted by atomic mass is 10.1. The van der Waals surface area contributed by atoms with E-state index in [1.54, 1.807) is 13.4 Å². The minimum atomic E-state index is 0.821. The molecule has 84 valence electrons. The maximum Gasteiger partial charge on any atom is 0.137 e. The number of hydrogen-bond acceptors (Lipinski definition) is 3. The zero-order chi connectivity index (χ0) is 11.5. The highest BCUT2D eigenvalue weighted by atomic mass is 16.5. The van der Waals surface area contributed by atoms with Crippen LogP contribution >= 0.6 is 0 Å². The van der Waals surface area contributed by atoms with E-state index in [0.717, 1.165) is 22.8 Å². The summed E-state index contributed by atoms with van der Waals surface area (Å²) in [6.07, 6.45) is 1.66. The second kappa shape index (κ2) is 4.31. The third-order valence-electron chi connectivity index (χ3n) is 2.49. The van der Waals surface area contributed by atoms with Crippen molar-refractivity contribution in [3.8, 4) is 17.1 Å². The zero-order valence-corrected chi connectivity index (χ0v) is 9.73. The Kier molecular flexibility index (Phi) is 2.86.